The summed E-state index contributed by atoms with van der Waals surface area (Å²) in [7, 11) is 0. The van der Waals surface area contributed by atoms with E-state index in [2.05, 4.69) is 24.1 Å². The van der Waals surface area contributed by atoms with Crippen LogP contribution in [0.4, 0.5) is 0 Å². The standard InChI is InChI=1S/C14H28N2O/c1-12-11-17-13(2)10-16(12)9-5-3-4-8-15-14-6-7-14/h12-15H,3-11H2,1-2H3. The van der Waals surface area contributed by atoms with Crippen LogP contribution in [0, 0.1) is 0 Å². The molecule has 2 atom stereocenters. The maximum Gasteiger partial charge on any atom is 0.0674 e. The number of nitrogens with one attached hydrogen (secondary N) is 1. The van der Waals surface area contributed by atoms with E-state index in [0.717, 1.165) is 19.2 Å². The number of nitrogens with zero attached hydrogens (tertiary/aromatic N) is 1. The Labute approximate surface area is 106 Å². The number of morpholine rings is 1. The molecular formula is C14H28N2O. The normalized spacial score (nSPS) is 30.7. The highest BCUT2D eigenvalue weighted by molar-refractivity contribution is 4.80. The van der Waals surface area contributed by atoms with Gasteiger partial charge in [-0.05, 0) is 52.6 Å². The first kappa shape index (κ1) is 13.3. The quantitative estimate of drug-likeness (QED) is 0.689. The predicted molar refractivity (Wildman–Crippen MR) is 71.3 cm³/mol. The predicted octanol–water partition coefficient (Wildman–Crippen LogP) is 2.02. The number of rotatable bonds is 7. The van der Waals surface area contributed by atoms with Crippen molar-refractivity contribution in [3.63, 3.8) is 0 Å². The highest BCUT2D eigenvalue weighted by Crippen LogP contribution is 2.18. The first-order chi connectivity index (χ1) is 8.25. The third-order valence-electron chi connectivity index (χ3n) is 3.87. The zero-order valence-corrected chi connectivity index (χ0v) is 11.5. The second-order valence-corrected chi connectivity index (χ2v) is 5.78. The van der Waals surface area contributed by atoms with Gasteiger partial charge in [-0.25, -0.2) is 0 Å². The monoisotopic (exact) mass is 240 g/mol. The van der Waals surface area contributed by atoms with Crippen molar-refractivity contribution >= 4 is 0 Å². The lowest BCUT2D eigenvalue weighted by molar-refractivity contribution is -0.0496. The lowest BCUT2D eigenvalue weighted by atomic mass is 10.1. The molecule has 2 fully saturated rings. The molecule has 0 radical (unpaired) electrons. The van der Waals surface area contributed by atoms with E-state index in [0.29, 0.717) is 12.1 Å². The van der Waals surface area contributed by atoms with Gasteiger partial charge in [0, 0.05) is 18.6 Å². The Hall–Kier alpha value is -0.120. The zero-order valence-electron chi connectivity index (χ0n) is 11.5. The van der Waals surface area contributed by atoms with Crippen LogP contribution in [-0.4, -0.2) is 49.3 Å². The van der Waals surface area contributed by atoms with E-state index in [4.69, 9.17) is 4.74 Å². The summed E-state index contributed by atoms with van der Waals surface area (Å²) >= 11 is 0. The molecule has 0 amide bonds. The summed E-state index contributed by atoms with van der Waals surface area (Å²) < 4.78 is 5.65. The summed E-state index contributed by atoms with van der Waals surface area (Å²) in [5.41, 5.74) is 0. The van der Waals surface area contributed by atoms with Crippen molar-refractivity contribution in [2.75, 3.05) is 26.2 Å². The smallest absolute Gasteiger partial charge is 0.0674 e. The molecule has 3 nitrogen and oxygen atoms in total. The SMILES string of the molecule is CC1CN(CCCCCNC2CC2)C(C)CO1. The summed E-state index contributed by atoms with van der Waals surface area (Å²) in [5.74, 6) is 0. The minimum absolute atomic E-state index is 0.419. The topological polar surface area (TPSA) is 24.5 Å². The average molecular weight is 240 g/mol. The summed E-state index contributed by atoms with van der Waals surface area (Å²) in [6.45, 7) is 8.95. The van der Waals surface area contributed by atoms with Crippen LogP contribution >= 0.6 is 0 Å². The van der Waals surface area contributed by atoms with E-state index in [9.17, 15) is 0 Å². The number of hydrogen-bond donors (Lipinski definition) is 1. The molecule has 0 aromatic heterocycles. The highest BCUT2D eigenvalue weighted by atomic mass is 16.5. The van der Waals surface area contributed by atoms with Crippen LogP contribution in [0.15, 0.2) is 0 Å². The van der Waals surface area contributed by atoms with E-state index in [1.165, 1.54) is 45.2 Å². The van der Waals surface area contributed by atoms with E-state index in [1.54, 1.807) is 0 Å². The maximum atomic E-state index is 5.65. The Bertz CT molecular complexity index is 218. The van der Waals surface area contributed by atoms with E-state index in [-0.39, 0.29) is 0 Å². The Morgan fingerprint density at radius 2 is 2.00 bits per heavy atom. The Morgan fingerprint density at radius 1 is 1.18 bits per heavy atom. The van der Waals surface area contributed by atoms with Crippen LogP contribution in [0.25, 0.3) is 0 Å². The minimum atomic E-state index is 0.419. The van der Waals surface area contributed by atoms with Gasteiger partial charge in [0.25, 0.3) is 0 Å². The lowest BCUT2D eigenvalue weighted by Crippen LogP contribution is -2.47. The Morgan fingerprint density at radius 3 is 2.76 bits per heavy atom. The molecule has 1 saturated carbocycles. The number of unbranched alkanes of at least 4 members (excludes halogenated alkanes) is 2. The van der Waals surface area contributed by atoms with Gasteiger partial charge >= 0.3 is 0 Å². The summed E-state index contributed by atoms with van der Waals surface area (Å²) in [6, 6.07) is 1.48. The first-order valence-electron chi connectivity index (χ1n) is 7.34. The first-order valence-corrected chi connectivity index (χ1v) is 7.34. The molecule has 0 aromatic carbocycles. The molecular weight excluding hydrogens is 212 g/mol. The number of ether oxygens (including phenoxy) is 1. The Kier molecular flexibility index (Phi) is 5.26. The molecule has 0 spiro atoms. The van der Waals surface area contributed by atoms with Crippen LogP contribution in [0.2, 0.25) is 0 Å². The minimum Gasteiger partial charge on any atom is -0.376 e. The summed E-state index contributed by atoms with van der Waals surface area (Å²) in [4.78, 5) is 2.59. The lowest BCUT2D eigenvalue weighted by Gasteiger charge is -2.36. The van der Waals surface area contributed by atoms with Gasteiger partial charge in [-0.3, -0.25) is 4.90 Å². The summed E-state index contributed by atoms with van der Waals surface area (Å²) in [5, 5.41) is 3.58. The van der Waals surface area contributed by atoms with Crippen LogP contribution in [0.3, 0.4) is 0 Å². The van der Waals surface area contributed by atoms with Gasteiger partial charge in [0.2, 0.25) is 0 Å². The molecule has 2 unspecified atom stereocenters. The molecule has 0 bridgehead atoms. The van der Waals surface area contributed by atoms with Crippen LogP contribution in [0.1, 0.15) is 46.0 Å². The molecule has 2 rings (SSSR count). The van der Waals surface area contributed by atoms with E-state index >= 15 is 0 Å². The second-order valence-electron chi connectivity index (χ2n) is 5.78. The molecule has 3 heteroatoms. The highest BCUT2D eigenvalue weighted by Gasteiger charge is 2.22. The van der Waals surface area contributed by atoms with Gasteiger partial charge < -0.3 is 10.1 Å². The maximum absolute atomic E-state index is 5.65. The summed E-state index contributed by atoms with van der Waals surface area (Å²) in [6.07, 6.45) is 7.27. The van der Waals surface area contributed by atoms with Gasteiger partial charge in [0.05, 0.1) is 12.7 Å². The van der Waals surface area contributed by atoms with Gasteiger partial charge in [0.15, 0.2) is 0 Å². The zero-order chi connectivity index (χ0) is 12.1. The van der Waals surface area contributed by atoms with Crippen LogP contribution in [0.5, 0.6) is 0 Å². The molecule has 100 valence electrons. The van der Waals surface area contributed by atoms with Gasteiger partial charge in [0.1, 0.15) is 0 Å². The van der Waals surface area contributed by atoms with Crippen LogP contribution < -0.4 is 5.32 Å². The molecule has 2 aliphatic rings. The third-order valence-corrected chi connectivity index (χ3v) is 3.87. The van der Waals surface area contributed by atoms with Crippen molar-refractivity contribution < 1.29 is 4.74 Å². The molecule has 17 heavy (non-hydrogen) atoms. The van der Waals surface area contributed by atoms with Crippen molar-refractivity contribution in [3.05, 3.63) is 0 Å². The molecule has 1 saturated heterocycles. The van der Waals surface area contributed by atoms with Gasteiger partial charge in [-0.15, -0.1) is 0 Å². The number of hydrogen-bond acceptors (Lipinski definition) is 3. The Balaban J connectivity index is 1.48. The van der Waals surface area contributed by atoms with Crippen molar-refractivity contribution in [3.8, 4) is 0 Å². The van der Waals surface area contributed by atoms with Gasteiger partial charge in [-0.1, -0.05) is 6.42 Å². The molecule has 1 aliphatic carbocycles. The molecule has 1 N–H and O–H groups in total. The fourth-order valence-corrected chi connectivity index (χ4v) is 2.49. The van der Waals surface area contributed by atoms with E-state index < -0.39 is 0 Å². The average Bonchev–Trinajstić information content (AvgIpc) is 3.11. The van der Waals surface area contributed by atoms with Gasteiger partial charge in [-0.2, -0.15) is 0 Å². The largest absolute Gasteiger partial charge is 0.376 e. The molecule has 1 aliphatic heterocycles. The van der Waals surface area contributed by atoms with Crippen molar-refractivity contribution in [2.24, 2.45) is 0 Å². The van der Waals surface area contributed by atoms with Crippen LogP contribution in [-0.2, 0) is 4.74 Å². The third kappa shape index (κ3) is 4.94. The fourth-order valence-electron chi connectivity index (χ4n) is 2.49. The van der Waals surface area contributed by atoms with Crippen molar-refractivity contribution in [2.45, 2.75) is 64.1 Å². The molecule has 1 heterocycles. The molecule has 0 aromatic rings. The van der Waals surface area contributed by atoms with E-state index in [1.807, 2.05) is 0 Å². The fraction of sp³-hybridized carbons (Fsp3) is 1.00. The van der Waals surface area contributed by atoms with Crippen molar-refractivity contribution in [1.29, 1.82) is 0 Å². The van der Waals surface area contributed by atoms with Crippen molar-refractivity contribution in [1.82, 2.24) is 10.2 Å². The second kappa shape index (κ2) is 6.72.